The van der Waals surface area contributed by atoms with Gasteiger partial charge in [-0.05, 0) is 24.5 Å². The first-order valence-corrected chi connectivity index (χ1v) is 10.4. The molecule has 2 aromatic heterocycles. The molecule has 1 aromatic carbocycles. The number of nitrogens with one attached hydrogen (secondary N) is 1. The van der Waals surface area contributed by atoms with Crippen molar-refractivity contribution in [2.75, 3.05) is 19.0 Å². The normalized spacial score (nSPS) is 12.1. The number of methoxy groups -OCH3 is 1. The molecule has 0 aliphatic rings. The maximum Gasteiger partial charge on any atom is 0.414 e. The molecule has 3 aromatic rings. The minimum absolute atomic E-state index is 0.239. The van der Waals surface area contributed by atoms with E-state index in [1.54, 1.807) is 11.6 Å². The lowest BCUT2D eigenvalue weighted by molar-refractivity contribution is 0.136. The average Bonchev–Trinajstić information content (AvgIpc) is 3.28. The minimum Gasteiger partial charge on any atom is -0.497 e. The number of fused-ring (bicyclic) bond motifs is 1. The number of aromatic nitrogens is 3. The predicted octanol–water partition coefficient (Wildman–Crippen LogP) is 5.23. The van der Waals surface area contributed by atoms with Gasteiger partial charge in [-0.2, -0.15) is 4.98 Å². The quantitative estimate of drug-likeness (QED) is 0.530. The topological polar surface area (TPSA) is 77.8 Å². The first kappa shape index (κ1) is 20.1. The van der Waals surface area contributed by atoms with E-state index in [4.69, 9.17) is 9.47 Å². The van der Waals surface area contributed by atoms with Gasteiger partial charge in [-0.3, -0.25) is 5.32 Å². The van der Waals surface area contributed by atoms with E-state index in [0.717, 1.165) is 42.7 Å². The molecule has 0 saturated carbocycles. The van der Waals surface area contributed by atoms with E-state index in [1.165, 1.54) is 11.3 Å². The van der Waals surface area contributed by atoms with Crippen LogP contribution in [0.2, 0.25) is 0 Å². The Morgan fingerprint density at radius 3 is 2.96 bits per heavy atom. The van der Waals surface area contributed by atoms with Gasteiger partial charge in [-0.1, -0.05) is 45.2 Å². The summed E-state index contributed by atoms with van der Waals surface area (Å²) in [7, 11) is 1.64. The molecule has 0 saturated heterocycles. The van der Waals surface area contributed by atoms with Gasteiger partial charge in [-0.15, -0.1) is 16.4 Å². The van der Waals surface area contributed by atoms with E-state index < -0.39 is 6.09 Å². The molecule has 2 heterocycles. The summed E-state index contributed by atoms with van der Waals surface area (Å²) < 4.78 is 12.4. The molecule has 8 heteroatoms. The number of ether oxygens (including phenoxy) is 2. The number of rotatable bonds is 9. The highest BCUT2D eigenvalue weighted by atomic mass is 32.1. The van der Waals surface area contributed by atoms with Crippen LogP contribution in [0.1, 0.15) is 39.5 Å². The number of carbonyl (C=O) groups excluding carboxylic acids is 1. The van der Waals surface area contributed by atoms with Gasteiger partial charge in [0.2, 0.25) is 4.96 Å². The van der Waals surface area contributed by atoms with Crippen LogP contribution in [0.4, 0.5) is 10.7 Å². The van der Waals surface area contributed by atoms with Crippen molar-refractivity contribution in [2.45, 2.75) is 39.5 Å². The fraction of sp³-hybridized carbons (Fsp3) is 0.450. The Labute approximate surface area is 168 Å². The van der Waals surface area contributed by atoms with E-state index in [0.29, 0.717) is 17.5 Å². The lowest BCUT2D eigenvalue weighted by Crippen LogP contribution is -2.19. The number of carbonyl (C=O) groups is 1. The minimum atomic E-state index is -0.517. The molecule has 3 rings (SSSR count). The van der Waals surface area contributed by atoms with Crippen LogP contribution in [0.3, 0.4) is 0 Å². The van der Waals surface area contributed by atoms with Gasteiger partial charge in [0.1, 0.15) is 5.75 Å². The molecule has 28 heavy (non-hydrogen) atoms. The predicted molar refractivity (Wildman–Crippen MR) is 111 cm³/mol. The lowest BCUT2D eigenvalue weighted by Gasteiger charge is -2.14. The monoisotopic (exact) mass is 402 g/mol. The molecule has 0 spiro atoms. The zero-order valence-corrected chi connectivity index (χ0v) is 17.3. The molecule has 0 fully saturated rings. The van der Waals surface area contributed by atoms with Crippen LogP contribution >= 0.6 is 11.3 Å². The van der Waals surface area contributed by atoms with E-state index in [9.17, 15) is 4.79 Å². The van der Waals surface area contributed by atoms with Crippen molar-refractivity contribution in [3.8, 4) is 17.0 Å². The molecular weight excluding hydrogens is 376 g/mol. The van der Waals surface area contributed by atoms with E-state index in [-0.39, 0.29) is 5.95 Å². The largest absolute Gasteiger partial charge is 0.497 e. The first-order chi connectivity index (χ1) is 13.6. The molecule has 0 aliphatic carbocycles. The summed E-state index contributed by atoms with van der Waals surface area (Å²) in [5.41, 5.74) is 1.85. The van der Waals surface area contributed by atoms with Crippen LogP contribution in [-0.4, -0.2) is 34.4 Å². The summed E-state index contributed by atoms with van der Waals surface area (Å²) in [5, 5.41) is 9.01. The third kappa shape index (κ3) is 4.81. The molecule has 1 N–H and O–H groups in total. The van der Waals surface area contributed by atoms with Crippen molar-refractivity contribution in [3.05, 3.63) is 29.6 Å². The number of hydrogen-bond acceptors (Lipinski definition) is 6. The molecule has 0 aliphatic heterocycles. The van der Waals surface area contributed by atoms with E-state index in [2.05, 4.69) is 29.2 Å². The fourth-order valence-corrected chi connectivity index (χ4v) is 3.77. The second-order valence-corrected chi connectivity index (χ2v) is 7.46. The third-order valence-electron chi connectivity index (χ3n) is 4.65. The zero-order valence-electron chi connectivity index (χ0n) is 16.5. The molecule has 0 radical (unpaired) electrons. The second kappa shape index (κ2) is 9.54. The average molecular weight is 403 g/mol. The molecule has 0 bridgehead atoms. The standard InChI is InChI=1S/C20H26N4O3S/c1-4-6-8-14(5-2)12-27-20(25)22-18-21-19-24(23-18)17(13-28-19)15-9-7-10-16(11-15)26-3/h7,9-11,13-14H,4-6,8,12H2,1-3H3,(H,22,23,25). The van der Waals surface area contributed by atoms with Gasteiger partial charge in [0.15, 0.2) is 0 Å². The summed E-state index contributed by atoms with van der Waals surface area (Å²) in [6.07, 6.45) is 3.84. The molecule has 1 atom stereocenters. The van der Waals surface area contributed by atoms with Gasteiger partial charge in [0.05, 0.1) is 19.4 Å². The Hall–Kier alpha value is -2.61. The summed E-state index contributed by atoms with van der Waals surface area (Å²) in [4.78, 5) is 17.2. The van der Waals surface area contributed by atoms with Crippen molar-refractivity contribution >= 4 is 28.3 Å². The van der Waals surface area contributed by atoms with Crippen LogP contribution in [-0.2, 0) is 4.74 Å². The van der Waals surface area contributed by atoms with Crippen LogP contribution in [0.25, 0.3) is 16.2 Å². The summed E-state index contributed by atoms with van der Waals surface area (Å²) in [6, 6.07) is 7.73. The Kier molecular flexibility index (Phi) is 6.86. The van der Waals surface area contributed by atoms with Gasteiger partial charge in [0, 0.05) is 10.9 Å². The van der Waals surface area contributed by atoms with Crippen molar-refractivity contribution in [3.63, 3.8) is 0 Å². The number of unbranched alkanes of at least 4 members (excludes halogenated alkanes) is 1. The first-order valence-electron chi connectivity index (χ1n) is 9.57. The number of amides is 1. The number of nitrogens with zero attached hydrogens (tertiary/aromatic N) is 3. The van der Waals surface area contributed by atoms with Crippen molar-refractivity contribution < 1.29 is 14.3 Å². The van der Waals surface area contributed by atoms with Crippen molar-refractivity contribution in [1.29, 1.82) is 0 Å². The Balaban J connectivity index is 1.66. The van der Waals surface area contributed by atoms with Crippen molar-refractivity contribution in [1.82, 2.24) is 14.6 Å². The summed E-state index contributed by atoms with van der Waals surface area (Å²) >= 11 is 1.46. The zero-order chi connectivity index (χ0) is 19.9. The molecule has 7 nitrogen and oxygen atoms in total. The van der Waals surface area contributed by atoms with E-state index in [1.807, 2.05) is 29.6 Å². The Morgan fingerprint density at radius 2 is 2.21 bits per heavy atom. The van der Waals surface area contributed by atoms with Crippen LogP contribution in [0, 0.1) is 5.92 Å². The number of thiazole rings is 1. The summed E-state index contributed by atoms with van der Waals surface area (Å²) in [6.45, 7) is 4.70. The van der Waals surface area contributed by atoms with Gasteiger partial charge >= 0.3 is 6.09 Å². The van der Waals surface area contributed by atoms with Crippen LogP contribution in [0.5, 0.6) is 5.75 Å². The number of anilines is 1. The van der Waals surface area contributed by atoms with Crippen molar-refractivity contribution in [2.24, 2.45) is 5.92 Å². The second-order valence-electron chi connectivity index (χ2n) is 6.62. The van der Waals surface area contributed by atoms with Crippen LogP contribution < -0.4 is 10.1 Å². The molecular formula is C20H26N4O3S. The summed E-state index contributed by atoms with van der Waals surface area (Å²) in [5.74, 6) is 1.40. The smallest absolute Gasteiger partial charge is 0.414 e. The third-order valence-corrected chi connectivity index (χ3v) is 5.47. The highest BCUT2D eigenvalue weighted by Crippen LogP contribution is 2.28. The van der Waals surface area contributed by atoms with Crippen LogP contribution in [0.15, 0.2) is 29.6 Å². The Morgan fingerprint density at radius 1 is 1.36 bits per heavy atom. The molecule has 150 valence electrons. The SMILES string of the molecule is CCCCC(CC)COC(=O)Nc1nc2scc(-c3cccc(OC)c3)n2n1. The maximum atomic E-state index is 12.1. The van der Waals surface area contributed by atoms with Gasteiger partial charge < -0.3 is 9.47 Å². The number of benzene rings is 1. The van der Waals surface area contributed by atoms with Gasteiger partial charge in [-0.25, -0.2) is 9.31 Å². The fourth-order valence-electron chi connectivity index (χ4n) is 2.93. The highest BCUT2D eigenvalue weighted by molar-refractivity contribution is 7.15. The van der Waals surface area contributed by atoms with Gasteiger partial charge in [0.25, 0.3) is 5.95 Å². The lowest BCUT2D eigenvalue weighted by atomic mass is 10.0. The maximum absolute atomic E-state index is 12.1. The number of hydrogen-bond donors (Lipinski definition) is 1. The molecule has 1 amide bonds. The Bertz CT molecular complexity index is 921. The molecule has 1 unspecified atom stereocenters. The van der Waals surface area contributed by atoms with E-state index >= 15 is 0 Å². The highest BCUT2D eigenvalue weighted by Gasteiger charge is 2.15.